The summed E-state index contributed by atoms with van der Waals surface area (Å²) in [4.78, 5) is 15.7. The number of nitrogens with zero attached hydrogens (tertiary/aromatic N) is 2. The topological polar surface area (TPSA) is 145 Å². The molecule has 2 aromatic carbocycles. The fourth-order valence-electron chi connectivity index (χ4n) is 6.07. The van der Waals surface area contributed by atoms with E-state index >= 15 is 0 Å². The molecule has 1 fully saturated rings. The first-order chi connectivity index (χ1) is 20.1. The van der Waals surface area contributed by atoms with Gasteiger partial charge in [-0.15, -0.1) is 4.40 Å². The van der Waals surface area contributed by atoms with Crippen molar-refractivity contribution in [2.75, 3.05) is 16.3 Å². The fraction of sp³-hybridized carbons (Fsp3) is 0.400. The lowest BCUT2D eigenvalue weighted by Crippen LogP contribution is -2.54. The van der Waals surface area contributed by atoms with Gasteiger partial charge in [0.25, 0.3) is 15.9 Å². The molecule has 13 heteroatoms. The predicted octanol–water partition coefficient (Wildman–Crippen LogP) is 4.81. The lowest BCUT2D eigenvalue weighted by atomic mass is 9.78. The number of hydrogen-bond acceptors (Lipinski definition) is 7. The third kappa shape index (κ3) is 6.32. The van der Waals surface area contributed by atoms with Gasteiger partial charge in [-0.1, -0.05) is 37.6 Å². The molecule has 2 aliphatic heterocycles. The number of amidine groups is 1. The molecule has 43 heavy (non-hydrogen) atoms. The summed E-state index contributed by atoms with van der Waals surface area (Å²) in [6.45, 7) is 8.03. The monoisotopic (exact) mass is 630 g/mol. The molecule has 1 aliphatic carbocycles. The van der Waals surface area contributed by atoms with E-state index in [1.165, 1.54) is 24.3 Å². The van der Waals surface area contributed by atoms with Crippen molar-refractivity contribution >= 4 is 43.2 Å². The molecule has 5 atom stereocenters. The molecule has 0 aromatic heterocycles. The summed E-state index contributed by atoms with van der Waals surface area (Å²) in [7, 11) is -8.06. The molecule has 2 aromatic rings. The molecule has 0 bridgehead atoms. The Morgan fingerprint density at radius 1 is 1.21 bits per heavy atom. The van der Waals surface area contributed by atoms with Gasteiger partial charge < -0.3 is 15.3 Å². The van der Waals surface area contributed by atoms with Crippen molar-refractivity contribution < 1.29 is 31.1 Å². The van der Waals surface area contributed by atoms with Crippen LogP contribution in [0.2, 0.25) is 0 Å². The van der Waals surface area contributed by atoms with Crippen LogP contribution in [0.15, 0.2) is 74.7 Å². The number of aliphatic hydroxyl groups excluding tert-OH is 1. The molecule has 0 spiro atoms. The average Bonchev–Trinajstić information content (AvgIpc) is 3.63. The van der Waals surface area contributed by atoms with Crippen LogP contribution < -0.4 is 10.0 Å². The normalized spacial score (nSPS) is 25.3. The van der Waals surface area contributed by atoms with E-state index in [2.05, 4.69) is 27.4 Å². The van der Waals surface area contributed by atoms with Crippen molar-refractivity contribution in [1.29, 1.82) is 0 Å². The highest BCUT2D eigenvalue weighted by atomic mass is 32.2. The van der Waals surface area contributed by atoms with Crippen LogP contribution in [-0.4, -0.2) is 50.9 Å². The number of sulfonamides is 2. The Kier molecular flexibility index (Phi) is 7.93. The molecule has 2 heterocycles. The van der Waals surface area contributed by atoms with Crippen molar-refractivity contribution in [2.45, 2.75) is 51.6 Å². The van der Waals surface area contributed by atoms with Crippen LogP contribution >= 0.6 is 0 Å². The average molecular weight is 631 g/mol. The van der Waals surface area contributed by atoms with Crippen LogP contribution in [0.3, 0.4) is 0 Å². The maximum absolute atomic E-state index is 14.3. The molecule has 3 N–H and O–H groups in total. The number of amides is 1. The zero-order valence-electron chi connectivity index (χ0n) is 24.5. The Balaban J connectivity index is 1.60. The Morgan fingerprint density at radius 3 is 2.44 bits per heavy atom. The van der Waals surface area contributed by atoms with Crippen molar-refractivity contribution in [1.82, 2.24) is 4.90 Å². The van der Waals surface area contributed by atoms with E-state index < -0.39 is 43.7 Å². The van der Waals surface area contributed by atoms with Crippen molar-refractivity contribution in [3.63, 3.8) is 0 Å². The molecular weight excluding hydrogens is 595 g/mol. The second-order valence-electron chi connectivity index (χ2n) is 11.9. The van der Waals surface area contributed by atoms with Gasteiger partial charge in [0.05, 0.1) is 11.9 Å². The molecular formula is C30H35FN4O6S2. The molecule has 5 rings (SSSR count). The van der Waals surface area contributed by atoms with Gasteiger partial charge >= 0.3 is 0 Å². The van der Waals surface area contributed by atoms with Crippen LogP contribution in [0.1, 0.15) is 39.7 Å². The van der Waals surface area contributed by atoms with Gasteiger partial charge in [-0.2, -0.15) is 8.42 Å². The first-order valence-electron chi connectivity index (χ1n) is 13.9. The van der Waals surface area contributed by atoms with E-state index in [4.69, 9.17) is 0 Å². The summed E-state index contributed by atoms with van der Waals surface area (Å²) < 4.78 is 69.7. The molecule has 3 aliphatic rings. The number of nitrogens with one attached hydrogen (secondary N) is 2. The highest BCUT2D eigenvalue weighted by Gasteiger charge is 2.51. The SMILES string of the molecule is CC(C)=CC(C1CC1C)[C@@H]1[C@H](C)C(O)=C(C2=NS(=O)(=O)c3cc(NS(C)(=O)=O)ccc3N2)C(=O)N1Cc1ccc(F)cc1. The number of fused-ring (bicyclic) bond motifs is 1. The molecule has 230 valence electrons. The lowest BCUT2D eigenvalue weighted by molar-refractivity contribution is -0.134. The molecule has 1 saturated carbocycles. The maximum Gasteiger partial charge on any atom is 0.286 e. The summed E-state index contributed by atoms with van der Waals surface area (Å²) in [5, 5.41) is 14.4. The van der Waals surface area contributed by atoms with Gasteiger partial charge in [0.2, 0.25) is 10.0 Å². The number of hydrogen-bond donors (Lipinski definition) is 3. The van der Waals surface area contributed by atoms with Crippen molar-refractivity contribution in [2.24, 2.45) is 28.1 Å². The minimum absolute atomic E-state index is 0.0302. The number of carbonyl (C=O) groups is 1. The molecule has 0 radical (unpaired) electrons. The number of rotatable bonds is 8. The second kappa shape index (κ2) is 11.1. The molecule has 1 amide bonds. The number of benzene rings is 2. The zero-order chi connectivity index (χ0) is 31.4. The smallest absolute Gasteiger partial charge is 0.286 e. The summed E-state index contributed by atoms with van der Waals surface area (Å²) >= 11 is 0. The first kappa shape index (κ1) is 30.7. The number of aliphatic hydroxyl groups is 1. The fourth-order valence-corrected chi connectivity index (χ4v) is 7.77. The predicted molar refractivity (Wildman–Crippen MR) is 163 cm³/mol. The number of halogens is 1. The van der Waals surface area contributed by atoms with E-state index in [1.54, 1.807) is 24.0 Å². The first-order valence-corrected chi connectivity index (χ1v) is 17.3. The lowest BCUT2D eigenvalue weighted by Gasteiger charge is -2.44. The van der Waals surface area contributed by atoms with Crippen LogP contribution in [0.25, 0.3) is 0 Å². The minimum Gasteiger partial charge on any atom is -0.511 e. The van der Waals surface area contributed by atoms with Gasteiger partial charge in [-0.25, -0.2) is 12.8 Å². The third-order valence-electron chi connectivity index (χ3n) is 8.15. The molecule has 10 nitrogen and oxygen atoms in total. The highest BCUT2D eigenvalue weighted by molar-refractivity contribution is 7.92. The van der Waals surface area contributed by atoms with Crippen LogP contribution in [0.5, 0.6) is 0 Å². The van der Waals surface area contributed by atoms with E-state index in [0.717, 1.165) is 24.3 Å². The number of allylic oxidation sites excluding steroid dienone is 1. The quantitative estimate of drug-likeness (QED) is 0.355. The standard InChI is InChI=1S/C30H35FN4O6S2/c1-16(2)12-23(22-13-17(22)3)27-18(4)28(36)26(30(37)35(27)15-19-6-8-20(31)9-7-19)29-32-24-11-10-21(33-42(5,38)39)14-25(24)43(40,41)34-29/h6-12,14,17-18,22-23,27,33,36H,13,15H2,1-5H3,(H,32,34)/t17?,18-,22?,23?,27-/m0/s1. The summed E-state index contributed by atoms with van der Waals surface area (Å²) in [6, 6.07) is 9.24. The van der Waals surface area contributed by atoms with Gasteiger partial charge in [-0.05, 0) is 68.0 Å². The maximum atomic E-state index is 14.3. The summed E-state index contributed by atoms with van der Waals surface area (Å²) in [5.74, 6) is -1.54. The van der Waals surface area contributed by atoms with Gasteiger partial charge in [0, 0.05) is 30.1 Å². The Morgan fingerprint density at radius 2 is 1.86 bits per heavy atom. The minimum atomic E-state index is -4.40. The Hall–Kier alpha value is -3.71. The van der Waals surface area contributed by atoms with Gasteiger partial charge in [0.15, 0.2) is 5.84 Å². The summed E-state index contributed by atoms with van der Waals surface area (Å²) in [5.41, 5.74) is 1.59. The molecule has 3 unspecified atom stereocenters. The van der Waals surface area contributed by atoms with Crippen molar-refractivity contribution in [3.8, 4) is 0 Å². The zero-order valence-corrected chi connectivity index (χ0v) is 26.1. The van der Waals surface area contributed by atoms with E-state index in [0.29, 0.717) is 17.4 Å². The Bertz CT molecular complexity index is 1780. The number of anilines is 2. The molecule has 0 saturated heterocycles. The number of carbonyl (C=O) groups excluding carboxylic acids is 1. The van der Waals surface area contributed by atoms with Gasteiger partial charge in [-0.3, -0.25) is 9.52 Å². The Labute approximate surface area is 251 Å². The largest absolute Gasteiger partial charge is 0.511 e. The van der Waals surface area contributed by atoms with Crippen LogP contribution in [-0.2, 0) is 31.4 Å². The van der Waals surface area contributed by atoms with E-state index in [9.17, 15) is 31.1 Å². The second-order valence-corrected chi connectivity index (χ2v) is 15.2. The third-order valence-corrected chi connectivity index (χ3v) is 10.1. The van der Waals surface area contributed by atoms with E-state index in [1.807, 2.05) is 13.8 Å². The van der Waals surface area contributed by atoms with Crippen molar-refractivity contribution in [3.05, 3.63) is 76.8 Å². The van der Waals surface area contributed by atoms with E-state index in [-0.39, 0.29) is 45.9 Å². The summed E-state index contributed by atoms with van der Waals surface area (Å²) in [6.07, 6.45) is 4.06. The van der Waals surface area contributed by atoms with Crippen LogP contribution in [0.4, 0.5) is 15.8 Å². The highest BCUT2D eigenvalue weighted by Crippen LogP contribution is 2.50. The van der Waals surface area contributed by atoms with Gasteiger partial charge in [0.1, 0.15) is 22.0 Å². The van der Waals surface area contributed by atoms with Crippen LogP contribution in [0, 0.1) is 29.5 Å².